The van der Waals surface area contributed by atoms with Crippen LogP contribution in [0.15, 0.2) is 24.3 Å². The van der Waals surface area contributed by atoms with Crippen LogP contribution >= 0.6 is 0 Å². The molecule has 0 aliphatic heterocycles. The van der Waals surface area contributed by atoms with Crippen molar-refractivity contribution in [1.82, 2.24) is 5.32 Å². The predicted molar refractivity (Wildman–Crippen MR) is 86.2 cm³/mol. The summed E-state index contributed by atoms with van der Waals surface area (Å²) in [6, 6.07) is 6.61. The fourth-order valence-corrected chi connectivity index (χ4v) is 5.55. The molecule has 5 rings (SSSR count). The van der Waals surface area contributed by atoms with Crippen LogP contribution in [-0.4, -0.2) is 22.5 Å². The maximum atomic E-state index is 12.5. The summed E-state index contributed by atoms with van der Waals surface area (Å²) in [6.07, 6.45) is 7.90. The van der Waals surface area contributed by atoms with Crippen molar-refractivity contribution in [1.29, 1.82) is 0 Å². The van der Waals surface area contributed by atoms with Gasteiger partial charge in [0, 0.05) is 5.54 Å². The molecule has 0 aromatic heterocycles. The lowest BCUT2D eigenvalue weighted by atomic mass is 9.53. The van der Waals surface area contributed by atoms with E-state index in [0.717, 1.165) is 42.6 Å². The van der Waals surface area contributed by atoms with Gasteiger partial charge in [-0.25, -0.2) is 4.79 Å². The predicted octanol–water partition coefficient (Wildman–Crippen LogP) is 3.01. The van der Waals surface area contributed by atoms with E-state index in [-0.39, 0.29) is 17.0 Å². The summed E-state index contributed by atoms with van der Waals surface area (Å²) < 4.78 is 0. The Kier molecular flexibility index (Phi) is 3.43. The van der Waals surface area contributed by atoms with Crippen molar-refractivity contribution in [3.05, 3.63) is 35.4 Å². The molecule has 1 aromatic carbocycles. The van der Waals surface area contributed by atoms with E-state index >= 15 is 0 Å². The van der Waals surface area contributed by atoms with Crippen LogP contribution in [0.2, 0.25) is 0 Å². The Hall–Kier alpha value is -1.84. The fraction of sp³-hybridized carbons (Fsp3) is 0.579. The van der Waals surface area contributed by atoms with E-state index in [1.807, 2.05) is 0 Å². The topological polar surface area (TPSA) is 66.4 Å². The van der Waals surface area contributed by atoms with E-state index < -0.39 is 5.97 Å². The maximum absolute atomic E-state index is 12.5. The Morgan fingerprint density at radius 1 is 1.00 bits per heavy atom. The first-order valence-corrected chi connectivity index (χ1v) is 8.65. The van der Waals surface area contributed by atoms with E-state index in [1.54, 1.807) is 24.3 Å². The standard InChI is InChI=1S/C19H23NO3/c21-17(8-12-1-3-16(4-2-12)18(22)23)20-19-9-13-5-14(10-19)7-15(6-13)11-19/h1-4,13-15H,5-11H2,(H,20,21)(H,22,23). The highest BCUT2D eigenvalue weighted by atomic mass is 16.4. The van der Waals surface area contributed by atoms with Crippen LogP contribution in [0.1, 0.15) is 54.4 Å². The number of hydrogen-bond acceptors (Lipinski definition) is 2. The number of carboxylic acid groups (broad SMARTS) is 1. The van der Waals surface area contributed by atoms with Crippen molar-refractivity contribution in [2.24, 2.45) is 17.8 Å². The molecule has 0 heterocycles. The normalized spacial score (nSPS) is 34.3. The lowest BCUT2D eigenvalue weighted by Gasteiger charge is -2.56. The zero-order valence-electron chi connectivity index (χ0n) is 13.3. The van der Waals surface area contributed by atoms with Gasteiger partial charge in [-0.2, -0.15) is 0 Å². The van der Waals surface area contributed by atoms with Gasteiger partial charge in [0.1, 0.15) is 0 Å². The van der Waals surface area contributed by atoms with Crippen LogP contribution in [0.4, 0.5) is 0 Å². The SMILES string of the molecule is O=C(Cc1ccc(C(=O)O)cc1)NC12CC3CC(CC(C3)C1)C2. The van der Waals surface area contributed by atoms with Crippen molar-refractivity contribution < 1.29 is 14.7 Å². The number of carbonyl (C=O) groups excluding carboxylic acids is 1. The molecular formula is C19H23NO3. The van der Waals surface area contributed by atoms with Gasteiger partial charge in [-0.15, -0.1) is 0 Å². The van der Waals surface area contributed by atoms with Crippen LogP contribution in [0.5, 0.6) is 0 Å². The van der Waals surface area contributed by atoms with Gasteiger partial charge in [0.05, 0.1) is 12.0 Å². The zero-order chi connectivity index (χ0) is 16.0. The van der Waals surface area contributed by atoms with Gasteiger partial charge in [0.25, 0.3) is 0 Å². The molecule has 4 heteroatoms. The third-order valence-electron chi connectivity index (χ3n) is 6.01. The molecular weight excluding hydrogens is 290 g/mol. The second kappa shape index (κ2) is 5.36. The smallest absolute Gasteiger partial charge is 0.335 e. The Balaban J connectivity index is 1.41. The van der Waals surface area contributed by atoms with Crippen molar-refractivity contribution >= 4 is 11.9 Å². The van der Waals surface area contributed by atoms with Gasteiger partial charge in [0.2, 0.25) is 5.91 Å². The molecule has 1 aromatic rings. The molecule has 4 fully saturated rings. The molecule has 122 valence electrons. The van der Waals surface area contributed by atoms with Crippen LogP contribution in [0.3, 0.4) is 0 Å². The first-order valence-electron chi connectivity index (χ1n) is 8.65. The molecule has 0 radical (unpaired) electrons. The van der Waals surface area contributed by atoms with Crippen molar-refractivity contribution in [3.8, 4) is 0 Å². The summed E-state index contributed by atoms with van der Waals surface area (Å²) in [7, 11) is 0. The third kappa shape index (κ3) is 2.87. The highest BCUT2D eigenvalue weighted by Gasteiger charge is 2.51. The maximum Gasteiger partial charge on any atom is 0.335 e. The average Bonchev–Trinajstić information content (AvgIpc) is 2.45. The number of amides is 1. The van der Waals surface area contributed by atoms with Crippen LogP contribution < -0.4 is 5.32 Å². The van der Waals surface area contributed by atoms with Crippen LogP contribution in [0.25, 0.3) is 0 Å². The molecule has 4 nitrogen and oxygen atoms in total. The van der Waals surface area contributed by atoms with Crippen molar-refractivity contribution in [2.45, 2.75) is 50.5 Å². The molecule has 0 unspecified atom stereocenters. The molecule has 23 heavy (non-hydrogen) atoms. The average molecular weight is 313 g/mol. The first-order chi connectivity index (χ1) is 11.0. The summed E-state index contributed by atoms with van der Waals surface area (Å²) in [5.74, 6) is 1.59. The number of carbonyl (C=O) groups is 2. The molecule has 0 spiro atoms. The largest absolute Gasteiger partial charge is 0.478 e. The van der Waals surface area contributed by atoms with Gasteiger partial charge in [-0.05, 0) is 74.0 Å². The minimum Gasteiger partial charge on any atom is -0.478 e. The number of aromatic carboxylic acids is 1. The summed E-state index contributed by atoms with van der Waals surface area (Å²) in [5.41, 5.74) is 1.18. The summed E-state index contributed by atoms with van der Waals surface area (Å²) >= 11 is 0. The Labute approximate surface area is 136 Å². The van der Waals surface area contributed by atoms with Crippen molar-refractivity contribution in [3.63, 3.8) is 0 Å². The second-order valence-corrected chi connectivity index (χ2v) is 7.92. The summed E-state index contributed by atoms with van der Waals surface area (Å²) in [5, 5.41) is 12.3. The quantitative estimate of drug-likeness (QED) is 0.898. The highest BCUT2D eigenvalue weighted by molar-refractivity contribution is 5.87. The number of carboxylic acids is 1. The number of hydrogen-bond donors (Lipinski definition) is 2. The number of benzene rings is 1. The molecule has 1 amide bonds. The van der Waals surface area contributed by atoms with Gasteiger partial charge in [-0.1, -0.05) is 12.1 Å². The van der Waals surface area contributed by atoms with E-state index in [4.69, 9.17) is 5.11 Å². The fourth-order valence-electron chi connectivity index (χ4n) is 5.55. The Morgan fingerprint density at radius 2 is 1.52 bits per heavy atom. The van der Waals surface area contributed by atoms with Crippen LogP contribution in [0, 0.1) is 17.8 Å². The molecule has 0 saturated heterocycles. The van der Waals surface area contributed by atoms with E-state index in [9.17, 15) is 9.59 Å². The van der Waals surface area contributed by atoms with Gasteiger partial charge in [-0.3, -0.25) is 4.79 Å². The molecule has 4 aliphatic rings. The number of nitrogens with one attached hydrogen (secondary N) is 1. The second-order valence-electron chi connectivity index (χ2n) is 7.92. The summed E-state index contributed by atoms with van der Waals surface area (Å²) in [4.78, 5) is 23.4. The molecule has 4 aliphatic carbocycles. The van der Waals surface area contributed by atoms with Gasteiger partial charge >= 0.3 is 5.97 Å². The Morgan fingerprint density at radius 3 is 2.00 bits per heavy atom. The molecule has 4 saturated carbocycles. The van der Waals surface area contributed by atoms with Crippen LogP contribution in [-0.2, 0) is 11.2 Å². The minimum atomic E-state index is -0.936. The lowest BCUT2D eigenvalue weighted by Crippen LogP contribution is -2.60. The first kappa shape index (κ1) is 14.7. The summed E-state index contributed by atoms with van der Waals surface area (Å²) in [6.45, 7) is 0. The third-order valence-corrected chi connectivity index (χ3v) is 6.01. The molecule has 0 atom stereocenters. The lowest BCUT2D eigenvalue weighted by molar-refractivity contribution is -0.126. The van der Waals surface area contributed by atoms with E-state index in [0.29, 0.717) is 6.42 Å². The number of rotatable bonds is 4. The van der Waals surface area contributed by atoms with E-state index in [2.05, 4.69) is 5.32 Å². The van der Waals surface area contributed by atoms with Gasteiger partial charge < -0.3 is 10.4 Å². The molecule has 4 bridgehead atoms. The minimum absolute atomic E-state index is 0.0485. The highest BCUT2D eigenvalue weighted by Crippen LogP contribution is 2.55. The van der Waals surface area contributed by atoms with E-state index in [1.165, 1.54) is 19.3 Å². The van der Waals surface area contributed by atoms with Gasteiger partial charge in [0.15, 0.2) is 0 Å². The Bertz CT molecular complexity index is 599. The monoisotopic (exact) mass is 313 g/mol. The molecule has 2 N–H and O–H groups in total. The van der Waals surface area contributed by atoms with Crippen molar-refractivity contribution in [2.75, 3.05) is 0 Å². The zero-order valence-corrected chi connectivity index (χ0v) is 13.3.